The minimum absolute atomic E-state index is 1.26. The molecule has 0 saturated heterocycles. The van der Waals surface area contributed by atoms with E-state index in [9.17, 15) is 0 Å². The van der Waals surface area contributed by atoms with Gasteiger partial charge in [-0.3, -0.25) is 0 Å². The first kappa shape index (κ1) is 18.3. The largest absolute Gasteiger partial charge is 0.0616 e. The normalized spacial score (nSPS) is 12.0. The maximum Gasteiger partial charge on any atom is -0.0109 e. The predicted molar refractivity (Wildman–Crippen MR) is 123 cm³/mol. The minimum atomic E-state index is 1.26. The number of aryl methyl sites for hydroxylation is 4. The highest BCUT2D eigenvalue weighted by Gasteiger charge is 2.09. The van der Waals surface area contributed by atoms with Crippen LogP contribution in [-0.4, -0.2) is 0 Å². The molecule has 0 heteroatoms. The molecule has 0 amide bonds. The van der Waals surface area contributed by atoms with Crippen LogP contribution in [0.15, 0.2) is 72.8 Å². The second kappa shape index (κ2) is 7.48. The van der Waals surface area contributed by atoms with E-state index in [0.29, 0.717) is 0 Å². The molecule has 0 aromatic rings. The van der Waals surface area contributed by atoms with Gasteiger partial charge in [-0.15, -0.1) is 0 Å². The van der Waals surface area contributed by atoms with Crippen LogP contribution in [-0.2, 0) is 0 Å². The maximum absolute atomic E-state index is 2.27. The number of hydrogen-bond acceptors (Lipinski definition) is 0. The van der Waals surface area contributed by atoms with Gasteiger partial charge in [0.15, 0.2) is 0 Å². The summed E-state index contributed by atoms with van der Waals surface area (Å²) >= 11 is 0. The lowest BCUT2D eigenvalue weighted by atomic mass is 10.0. The summed E-state index contributed by atoms with van der Waals surface area (Å²) in [5.74, 6) is 0. The van der Waals surface area contributed by atoms with Crippen molar-refractivity contribution >= 4 is 12.2 Å². The van der Waals surface area contributed by atoms with Gasteiger partial charge in [0.1, 0.15) is 0 Å². The van der Waals surface area contributed by atoms with Crippen molar-refractivity contribution in [2.45, 2.75) is 27.7 Å². The highest BCUT2D eigenvalue weighted by Crippen LogP contribution is 2.32. The van der Waals surface area contributed by atoms with E-state index in [4.69, 9.17) is 0 Å². The molecule has 4 aliphatic carbocycles. The van der Waals surface area contributed by atoms with E-state index in [-0.39, 0.29) is 0 Å². The summed E-state index contributed by atoms with van der Waals surface area (Å²) in [6.45, 7) is 8.71. The molecular formula is C28H26. The van der Waals surface area contributed by atoms with E-state index in [0.717, 1.165) is 0 Å². The second-order valence-corrected chi connectivity index (χ2v) is 7.77. The van der Waals surface area contributed by atoms with Crippen molar-refractivity contribution in [3.63, 3.8) is 0 Å². The number of hydrogen-bond donors (Lipinski definition) is 0. The summed E-state index contributed by atoms with van der Waals surface area (Å²) in [7, 11) is 0. The Morgan fingerprint density at radius 2 is 0.893 bits per heavy atom. The Morgan fingerprint density at radius 3 is 1.32 bits per heavy atom. The maximum atomic E-state index is 2.27. The number of rotatable bonds is 3. The molecule has 4 rings (SSSR count). The van der Waals surface area contributed by atoms with Crippen LogP contribution in [0.1, 0.15) is 33.4 Å². The molecule has 28 heavy (non-hydrogen) atoms. The van der Waals surface area contributed by atoms with Crippen LogP contribution in [0.3, 0.4) is 0 Å². The Morgan fingerprint density at radius 1 is 0.500 bits per heavy atom. The quantitative estimate of drug-likeness (QED) is 0.325. The van der Waals surface area contributed by atoms with Gasteiger partial charge in [0.25, 0.3) is 0 Å². The van der Waals surface area contributed by atoms with Crippen molar-refractivity contribution in [2.24, 2.45) is 0 Å². The van der Waals surface area contributed by atoms with Crippen LogP contribution in [0, 0.1) is 27.7 Å². The zero-order valence-corrected chi connectivity index (χ0v) is 17.1. The molecule has 4 aliphatic rings. The number of fused-ring (bicyclic) bond motifs is 2. The molecule has 0 aromatic carbocycles. The summed E-state index contributed by atoms with van der Waals surface area (Å²) in [6, 6.07) is 22.2. The van der Waals surface area contributed by atoms with E-state index in [1.165, 1.54) is 55.6 Å². The first-order chi connectivity index (χ1) is 13.5. The molecule has 0 nitrogen and oxygen atoms in total. The van der Waals surface area contributed by atoms with Crippen molar-refractivity contribution in [1.29, 1.82) is 0 Å². The molecule has 0 atom stereocenters. The van der Waals surface area contributed by atoms with Crippen molar-refractivity contribution in [3.8, 4) is 22.3 Å². The van der Waals surface area contributed by atoms with Crippen LogP contribution in [0.5, 0.6) is 0 Å². The molecule has 0 radical (unpaired) electrons. The van der Waals surface area contributed by atoms with Gasteiger partial charge in [-0.25, -0.2) is 0 Å². The average Bonchev–Trinajstić information content (AvgIpc) is 3.28. The Kier molecular flexibility index (Phi) is 4.88. The van der Waals surface area contributed by atoms with Gasteiger partial charge in [0.05, 0.1) is 0 Å². The fourth-order valence-electron chi connectivity index (χ4n) is 4.19. The van der Waals surface area contributed by atoms with Crippen LogP contribution in [0.4, 0.5) is 0 Å². The molecule has 0 bridgehead atoms. The molecule has 0 heterocycles. The van der Waals surface area contributed by atoms with E-state index in [1.807, 2.05) is 0 Å². The summed E-state index contributed by atoms with van der Waals surface area (Å²) in [4.78, 5) is 0. The molecule has 0 aromatic heterocycles. The van der Waals surface area contributed by atoms with Crippen LogP contribution in [0.2, 0.25) is 0 Å². The lowest BCUT2D eigenvalue weighted by molar-refractivity contribution is 1.44. The van der Waals surface area contributed by atoms with Crippen molar-refractivity contribution in [3.05, 3.63) is 106 Å². The fraction of sp³-hybridized carbons (Fsp3) is 0.143. The van der Waals surface area contributed by atoms with Gasteiger partial charge < -0.3 is 0 Å². The molecule has 138 valence electrons. The monoisotopic (exact) mass is 362 g/mol. The number of allylic oxidation sites excluding steroid dienone is 2. The van der Waals surface area contributed by atoms with E-state index in [1.54, 1.807) is 0 Å². The summed E-state index contributed by atoms with van der Waals surface area (Å²) in [6.07, 6.45) is 8.74. The standard InChI is InChI=1S/C28H26/c1-19-15-21(3)25-11-7-13-27(25)23(17-19)9-5-6-10-24-18-20(2)16-22(4)26-12-8-14-28(24)26/h5-18H,1-4H3/b9-5+,10-6+. The van der Waals surface area contributed by atoms with Gasteiger partial charge in [-0.05, 0) is 72.2 Å². The SMILES string of the molecule is Cc1cc(C)c2cccc-2c(/C=C/C=C/c2cc(C)cc(C)c3cccc2-3)c1. The third kappa shape index (κ3) is 3.51. The first-order valence-electron chi connectivity index (χ1n) is 9.87. The summed E-state index contributed by atoms with van der Waals surface area (Å²) in [5.41, 5.74) is 13.0. The Hall–Kier alpha value is -3.12. The zero-order valence-electron chi connectivity index (χ0n) is 17.1. The highest BCUT2D eigenvalue weighted by atomic mass is 14.1. The fourth-order valence-corrected chi connectivity index (χ4v) is 4.19. The molecular weight excluding hydrogens is 336 g/mol. The Labute approximate surface area is 168 Å². The van der Waals surface area contributed by atoms with Gasteiger partial charge >= 0.3 is 0 Å². The molecule has 0 saturated carbocycles. The second-order valence-electron chi connectivity index (χ2n) is 7.77. The van der Waals surface area contributed by atoms with Crippen LogP contribution < -0.4 is 0 Å². The van der Waals surface area contributed by atoms with Crippen LogP contribution in [0.25, 0.3) is 34.4 Å². The van der Waals surface area contributed by atoms with Crippen molar-refractivity contribution in [1.82, 2.24) is 0 Å². The molecule has 0 spiro atoms. The average molecular weight is 363 g/mol. The van der Waals surface area contributed by atoms with Crippen LogP contribution >= 0.6 is 0 Å². The third-order valence-electron chi connectivity index (χ3n) is 5.42. The Bertz CT molecular complexity index is 1050. The molecule has 0 fully saturated rings. The highest BCUT2D eigenvalue weighted by molar-refractivity contribution is 5.81. The first-order valence-corrected chi connectivity index (χ1v) is 9.87. The topological polar surface area (TPSA) is 0 Å². The van der Waals surface area contributed by atoms with Crippen molar-refractivity contribution < 1.29 is 0 Å². The van der Waals surface area contributed by atoms with E-state index in [2.05, 4.69) is 113 Å². The molecule has 0 unspecified atom stereocenters. The smallest absolute Gasteiger partial charge is 0.0109 e. The van der Waals surface area contributed by atoms with Gasteiger partial charge in [0, 0.05) is 0 Å². The lowest BCUT2D eigenvalue weighted by Crippen LogP contribution is -1.77. The summed E-state index contributed by atoms with van der Waals surface area (Å²) in [5, 5.41) is 0. The van der Waals surface area contributed by atoms with E-state index < -0.39 is 0 Å². The Balaban J connectivity index is 1.68. The zero-order chi connectivity index (χ0) is 19.7. The molecule has 0 N–H and O–H groups in total. The minimum Gasteiger partial charge on any atom is -0.0616 e. The van der Waals surface area contributed by atoms with E-state index >= 15 is 0 Å². The lowest BCUT2D eigenvalue weighted by Gasteiger charge is -2.01. The van der Waals surface area contributed by atoms with Gasteiger partial charge in [-0.2, -0.15) is 0 Å². The predicted octanol–water partition coefficient (Wildman–Crippen LogP) is 7.86. The summed E-state index contributed by atoms with van der Waals surface area (Å²) < 4.78 is 0. The molecule has 0 aliphatic heterocycles. The van der Waals surface area contributed by atoms with Gasteiger partial charge in [-0.1, -0.05) is 96.1 Å². The van der Waals surface area contributed by atoms with Gasteiger partial charge in [0.2, 0.25) is 0 Å². The third-order valence-corrected chi connectivity index (χ3v) is 5.42. The van der Waals surface area contributed by atoms with Crippen molar-refractivity contribution in [2.75, 3.05) is 0 Å².